The van der Waals surface area contributed by atoms with E-state index in [1.165, 1.54) is 6.20 Å². The highest BCUT2D eigenvalue weighted by Crippen LogP contribution is 2.29. The fourth-order valence-corrected chi connectivity index (χ4v) is 1.32. The van der Waals surface area contributed by atoms with Crippen molar-refractivity contribution >= 4 is 27.5 Å². The monoisotopic (exact) mass is 273 g/mol. The molecule has 2 aromatic rings. The van der Waals surface area contributed by atoms with Crippen LogP contribution in [0.1, 0.15) is 0 Å². The van der Waals surface area contributed by atoms with E-state index in [0.717, 1.165) is 0 Å². The Hall–Kier alpha value is -1.000. The van der Waals surface area contributed by atoms with Crippen molar-refractivity contribution in [2.24, 2.45) is 0 Å². The summed E-state index contributed by atoms with van der Waals surface area (Å²) >= 11 is 9.00. The molecule has 2 rings (SSSR count). The normalized spacial score (nSPS) is 10.1. The molecule has 5 heteroatoms. The summed E-state index contributed by atoms with van der Waals surface area (Å²) in [6.45, 7) is 0. The molecular weight excluding hydrogens is 269 g/mol. The molecule has 0 bridgehead atoms. The quantitative estimate of drug-likeness (QED) is 0.833. The van der Waals surface area contributed by atoms with E-state index in [2.05, 4.69) is 20.9 Å². The Morgan fingerprint density at radius 1 is 1.36 bits per heavy atom. The first-order valence-corrected chi connectivity index (χ1v) is 4.96. The van der Waals surface area contributed by atoms with E-state index in [9.17, 15) is 0 Å². The molecule has 0 aliphatic rings. The summed E-state index contributed by atoms with van der Waals surface area (Å²) in [7, 11) is 0. The van der Waals surface area contributed by atoms with E-state index in [0.29, 0.717) is 15.4 Å². The Morgan fingerprint density at radius 3 is 2.79 bits per heavy atom. The first-order valence-electron chi connectivity index (χ1n) is 3.79. The molecule has 0 aliphatic carbocycles. The highest BCUT2D eigenvalue weighted by atomic mass is 79.9. The van der Waals surface area contributed by atoms with Gasteiger partial charge in [0.25, 0.3) is 0 Å². The van der Waals surface area contributed by atoms with Gasteiger partial charge < -0.3 is 9.15 Å². The Bertz CT molecular complexity index is 444. The van der Waals surface area contributed by atoms with Gasteiger partial charge in [0.1, 0.15) is 0 Å². The van der Waals surface area contributed by atoms with Crippen LogP contribution < -0.4 is 4.74 Å². The maximum atomic E-state index is 5.87. The van der Waals surface area contributed by atoms with Crippen LogP contribution in [-0.4, -0.2) is 4.98 Å². The number of hydrogen-bond acceptors (Lipinski definition) is 3. The van der Waals surface area contributed by atoms with Crippen LogP contribution >= 0.6 is 27.5 Å². The molecule has 0 saturated carbocycles. The van der Waals surface area contributed by atoms with Gasteiger partial charge in [-0.2, -0.15) is 4.98 Å². The van der Waals surface area contributed by atoms with E-state index in [-0.39, 0.29) is 6.08 Å². The summed E-state index contributed by atoms with van der Waals surface area (Å²) in [5.41, 5.74) is 0. The van der Waals surface area contributed by atoms with Crippen molar-refractivity contribution in [3.8, 4) is 11.8 Å². The van der Waals surface area contributed by atoms with Crippen molar-refractivity contribution < 1.29 is 9.15 Å². The molecular formula is C9H5BrClNO2. The lowest BCUT2D eigenvalue weighted by molar-refractivity contribution is 0.323. The molecule has 0 spiro atoms. The summed E-state index contributed by atoms with van der Waals surface area (Å²) in [5, 5.41) is 0.516. The second kappa shape index (κ2) is 4.02. The Balaban J connectivity index is 2.23. The molecule has 0 radical (unpaired) electrons. The van der Waals surface area contributed by atoms with Crippen molar-refractivity contribution in [1.29, 1.82) is 0 Å². The second-order valence-corrected chi connectivity index (χ2v) is 3.65. The average molecular weight is 275 g/mol. The third-order valence-electron chi connectivity index (χ3n) is 1.49. The average Bonchev–Trinajstić information content (AvgIpc) is 2.56. The summed E-state index contributed by atoms with van der Waals surface area (Å²) in [6.07, 6.45) is 1.66. The molecule has 0 unspecified atom stereocenters. The number of ether oxygens (including phenoxy) is 1. The number of nitrogens with zero attached hydrogens (tertiary/aromatic N) is 1. The zero-order valence-electron chi connectivity index (χ0n) is 6.91. The molecule has 0 N–H and O–H groups in total. The highest BCUT2D eigenvalue weighted by molar-refractivity contribution is 9.10. The number of oxazole rings is 1. The van der Waals surface area contributed by atoms with Gasteiger partial charge in [-0.1, -0.05) is 23.7 Å². The predicted octanol–water partition coefficient (Wildman–Crippen LogP) is 3.88. The number of hydrogen-bond donors (Lipinski definition) is 0. The van der Waals surface area contributed by atoms with Gasteiger partial charge in [-0.05, 0) is 28.1 Å². The number of aromatic nitrogens is 1. The summed E-state index contributed by atoms with van der Waals surface area (Å²) in [5.74, 6) is 0.517. The molecule has 0 amide bonds. The first kappa shape index (κ1) is 9.55. The van der Waals surface area contributed by atoms with Crippen LogP contribution in [-0.2, 0) is 0 Å². The molecule has 1 aromatic heterocycles. The molecule has 1 heterocycles. The van der Waals surface area contributed by atoms with Gasteiger partial charge in [0.05, 0.1) is 11.2 Å². The van der Waals surface area contributed by atoms with Crippen LogP contribution in [0.15, 0.2) is 39.5 Å². The van der Waals surface area contributed by atoms with Crippen molar-refractivity contribution in [3.05, 3.63) is 40.2 Å². The maximum absolute atomic E-state index is 5.87. The molecule has 14 heavy (non-hydrogen) atoms. The van der Waals surface area contributed by atoms with Gasteiger partial charge in [0, 0.05) is 0 Å². The molecule has 3 nitrogen and oxygen atoms in total. The van der Waals surface area contributed by atoms with Crippen LogP contribution in [0.3, 0.4) is 0 Å². The fourth-order valence-electron chi connectivity index (χ4n) is 0.908. The van der Waals surface area contributed by atoms with Gasteiger partial charge in [0.2, 0.25) is 0 Å². The molecule has 0 atom stereocenters. The van der Waals surface area contributed by atoms with Crippen LogP contribution in [0, 0.1) is 0 Å². The van der Waals surface area contributed by atoms with Gasteiger partial charge in [-0.25, -0.2) is 0 Å². The van der Waals surface area contributed by atoms with E-state index < -0.39 is 0 Å². The van der Waals surface area contributed by atoms with Gasteiger partial charge >= 0.3 is 6.08 Å². The van der Waals surface area contributed by atoms with Crippen LogP contribution in [0.5, 0.6) is 11.8 Å². The fraction of sp³-hybridized carbons (Fsp3) is 0. The van der Waals surface area contributed by atoms with E-state index in [4.69, 9.17) is 20.8 Å². The Kier molecular flexibility index (Phi) is 2.74. The highest BCUT2D eigenvalue weighted by Gasteiger charge is 2.06. The number of para-hydroxylation sites is 1. The number of rotatable bonds is 2. The largest absolute Gasteiger partial charge is 0.409 e. The lowest BCUT2D eigenvalue weighted by atomic mass is 10.3. The van der Waals surface area contributed by atoms with E-state index in [1.807, 2.05) is 12.1 Å². The SMILES string of the molecule is Clc1ccccc1Oc1ncc(Br)o1. The molecule has 1 aromatic carbocycles. The number of benzene rings is 1. The Morgan fingerprint density at radius 2 is 2.14 bits per heavy atom. The van der Waals surface area contributed by atoms with Crippen molar-refractivity contribution in [1.82, 2.24) is 4.98 Å². The van der Waals surface area contributed by atoms with Gasteiger partial charge in [-0.15, -0.1) is 0 Å². The summed E-state index contributed by atoms with van der Waals surface area (Å²) in [4.78, 5) is 3.86. The third kappa shape index (κ3) is 2.08. The van der Waals surface area contributed by atoms with E-state index in [1.54, 1.807) is 12.1 Å². The smallest absolute Gasteiger partial charge is 0.400 e. The van der Waals surface area contributed by atoms with Crippen molar-refractivity contribution in [2.75, 3.05) is 0 Å². The standard InChI is InChI=1S/C9H5BrClNO2/c10-8-5-12-9(14-8)13-7-4-2-1-3-6(7)11/h1-5H. The summed E-state index contributed by atoms with van der Waals surface area (Å²) in [6, 6.07) is 7.11. The molecule has 0 fully saturated rings. The van der Waals surface area contributed by atoms with Crippen LogP contribution in [0.2, 0.25) is 5.02 Å². The molecule has 0 aliphatic heterocycles. The molecule has 72 valence electrons. The van der Waals surface area contributed by atoms with E-state index >= 15 is 0 Å². The second-order valence-electron chi connectivity index (χ2n) is 2.46. The minimum Gasteiger partial charge on any atom is -0.409 e. The lowest BCUT2D eigenvalue weighted by Gasteiger charge is -2.01. The summed E-state index contributed by atoms with van der Waals surface area (Å²) < 4.78 is 10.9. The minimum atomic E-state index is 0.157. The third-order valence-corrected chi connectivity index (χ3v) is 2.17. The lowest BCUT2D eigenvalue weighted by Crippen LogP contribution is -1.83. The van der Waals surface area contributed by atoms with Crippen molar-refractivity contribution in [3.63, 3.8) is 0 Å². The first-order chi connectivity index (χ1) is 6.75. The Labute approximate surface area is 93.8 Å². The van der Waals surface area contributed by atoms with Crippen LogP contribution in [0.25, 0.3) is 0 Å². The van der Waals surface area contributed by atoms with Crippen LogP contribution in [0.4, 0.5) is 0 Å². The van der Waals surface area contributed by atoms with Gasteiger partial charge in [0.15, 0.2) is 10.4 Å². The molecule has 0 saturated heterocycles. The topological polar surface area (TPSA) is 35.3 Å². The minimum absolute atomic E-state index is 0.157. The zero-order chi connectivity index (χ0) is 9.97. The number of halogens is 2. The maximum Gasteiger partial charge on any atom is 0.400 e. The predicted molar refractivity (Wildman–Crippen MR) is 55.7 cm³/mol. The van der Waals surface area contributed by atoms with Gasteiger partial charge in [-0.3, -0.25) is 0 Å². The van der Waals surface area contributed by atoms with Crippen molar-refractivity contribution in [2.45, 2.75) is 0 Å². The zero-order valence-corrected chi connectivity index (χ0v) is 9.25.